The molecule has 3 rings (SSSR count). The minimum absolute atomic E-state index is 0.180. The van der Waals surface area contributed by atoms with E-state index in [1.807, 2.05) is 12.1 Å². The standard InChI is InChI=1S/C23H20Cl4N2O3/c1-3-31-23(30)20-13(2)29-22(27)18(21(20)14-4-7-16(24)8-5-14)11-28-32-12-15-6-9-17(25)10-19(15)26/h4-11,21,28H,3,12H2,1-2H3/t21-/m1/s1. The fourth-order valence-corrected chi connectivity index (χ4v) is 4.12. The molecule has 32 heavy (non-hydrogen) atoms. The molecule has 2 aromatic carbocycles. The summed E-state index contributed by atoms with van der Waals surface area (Å²) in [5.74, 6) is -0.982. The molecule has 0 saturated heterocycles. The largest absolute Gasteiger partial charge is 0.463 e. The lowest BCUT2D eigenvalue weighted by molar-refractivity contribution is -0.138. The maximum Gasteiger partial charge on any atom is 0.336 e. The Morgan fingerprint density at radius 1 is 1.09 bits per heavy atom. The number of benzene rings is 2. The van der Waals surface area contributed by atoms with Crippen LogP contribution in [0.15, 0.2) is 70.5 Å². The molecule has 1 aliphatic heterocycles. The lowest BCUT2D eigenvalue weighted by atomic mass is 9.82. The second-order valence-electron chi connectivity index (χ2n) is 6.85. The van der Waals surface area contributed by atoms with Crippen molar-refractivity contribution in [3.8, 4) is 0 Å². The lowest BCUT2D eigenvalue weighted by Gasteiger charge is -2.27. The van der Waals surface area contributed by atoms with Crippen molar-refractivity contribution in [2.45, 2.75) is 26.4 Å². The van der Waals surface area contributed by atoms with E-state index >= 15 is 0 Å². The van der Waals surface area contributed by atoms with E-state index in [0.717, 1.165) is 11.1 Å². The zero-order valence-corrected chi connectivity index (χ0v) is 20.3. The molecule has 0 spiro atoms. The molecule has 0 amide bonds. The van der Waals surface area contributed by atoms with Crippen LogP contribution in [0.5, 0.6) is 0 Å². The first-order chi connectivity index (χ1) is 15.3. The van der Waals surface area contributed by atoms with Crippen LogP contribution >= 0.6 is 46.4 Å². The zero-order valence-electron chi connectivity index (χ0n) is 17.3. The van der Waals surface area contributed by atoms with E-state index in [1.54, 1.807) is 50.4 Å². The summed E-state index contributed by atoms with van der Waals surface area (Å²) in [6.45, 7) is 3.89. The third-order valence-corrected chi connectivity index (χ3v) is 5.87. The van der Waals surface area contributed by atoms with Gasteiger partial charge in [-0.3, -0.25) is 10.3 Å². The van der Waals surface area contributed by atoms with Gasteiger partial charge in [0.05, 0.1) is 17.9 Å². The zero-order chi connectivity index (χ0) is 23.3. The van der Waals surface area contributed by atoms with E-state index < -0.39 is 11.9 Å². The van der Waals surface area contributed by atoms with Crippen LogP contribution in [0.3, 0.4) is 0 Å². The Balaban J connectivity index is 1.90. The quantitative estimate of drug-likeness (QED) is 0.250. The average molecular weight is 514 g/mol. The van der Waals surface area contributed by atoms with Gasteiger partial charge in [-0.15, -0.1) is 0 Å². The monoisotopic (exact) mass is 512 g/mol. The first-order valence-electron chi connectivity index (χ1n) is 9.71. The number of hydrogen-bond acceptors (Lipinski definition) is 5. The smallest absolute Gasteiger partial charge is 0.336 e. The third-order valence-electron chi connectivity index (χ3n) is 4.73. The molecule has 2 aromatic rings. The fraction of sp³-hybridized carbons (Fsp3) is 0.217. The molecule has 1 heterocycles. The molecule has 9 heteroatoms. The molecular weight excluding hydrogens is 494 g/mol. The molecule has 0 bridgehead atoms. The molecule has 0 unspecified atom stereocenters. The van der Waals surface area contributed by atoms with E-state index in [2.05, 4.69) is 10.5 Å². The number of carbonyl (C=O) groups excluding carboxylic acids is 1. The summed E-state index contributed by atoms with van der Waals surface area (Å²) >= 11 is 24.6. The van der Waals surface area contributed by atoms with Crippen molar-refractivity contribution in [1.82, 2.24) is 5.48 Å². The average Bonchev–Trinajstić information content (AvgIpc) is 2.74. The summed E-state index contributed by atoms with van der Waals surface area (Å²) in [6.07, 6.45) is 1.57. The minimum atomic E-state index is -0.522. The van der Waals surface area contributed by atoms with Crippen LogP contribution in [-0.4, -0.2) is 17.7 Å². The second-order valence-corrected chi connectivity index (χ2v) is 8.49. The number of esters is 1. The lowest BCUT2D eigenvalue weighted by Crippen LogP contribution is -2.25. The van der Waals surface area contributed by atoms with Crippen molar-refractivity contribution in [2.24, 2.45) is 4.99 Å². The van der Waals surface area contributed by atoms with Crippen molar-refractivity contribution < 1.29 is 14.4 Å². The Morgan fingerprint density at radius 3 is 2.44 bits per heavy atom. The number of carbonyl (C=O) groups is 1. The predicted molar refractivity (Wildman–Crippen MR) is 129 cm³/mol. The van der Waals surface area contributed by atoms with Gasteiger partial charge in [0.25, 0.3) is 0 Å². The molecule has 5 nitrogen and oxygen atoms in total. The van der Waals surface area contributed by atoms with Crippen molar-refractivity contribution in [2.75, 3.05) is 6.61 Å². The summed E-state index contributed by atoms with van der Waals surface area (Å²) in [7, 11) is 0. The predicted octanol–water partition coefficient (Wildman–Crippen LogP) is 6.82. The summed E-state index contributed by atoms with van der Waals surface area (Å²) in [4.78, 5) is 22.7. The highest BCUT2D eigenvalue weighted by atomic mass is 35.5. The van der Waals surface area contributed by atoms with Crippen molar-refractivity contribution in [3.05, 3.63) is 91.7 Å². The minimum Gasteiger partial charge on any atom is -0.463 e. The van der Waals surface area contributed by atoms with Gasteiger partial charge >= 0.3 is 5.97 Å². The Kier molecular flexibility index (Phi) is 8.63. The van der Waals surface area contributed by atoms with E-state index in [1.165, 1.54) is 0 Å². The van der Waals surface area contributed by atoms with Crippen LogP contribution in [0.4, 0.5) is 0 Å². The van der Waals surface area contributed by atoms with Crippen molar-refractivity contribution >= 4 is 57.5 Å². The van der Waals surface area contributed by atoms with Gasteiger partial charge in [0.2, 0.25) is 0 Å². The maximum atomic E-state index is 12.8. The van der Waals surface area contributed by atoms with Gasteiger partial charge in [-0.25, -0.2) is 9.79 Å². The van der Waals surface area contributed by atoms with Gasteiger partial charge in [-0.05, 0) is 49.2 Å². The van der Waals surface area contributed by atoms with Gasteiger partial charge in [0.1, 0.15) is 11.8 Å². The molecule has 1 atom stereocenters. The third kappa shape index (κ3) is 5.85. The van der Waals surface area contributed by atoms with Crippen LogP contribution in [0.1, 0.15) is 30.9 Å². The van der Waals surface area contributed by atoms with Crippen LogP contribution in [0.25, 0.3) is 0 Å². The van der Waals surface area contributed by atoms with Crippen LogP contribution < -0.4 is 5.48 Å². The molecule has 0 aromatic heterocycles. The summed E-state index contributed by atoms with van der Waals surface area (Å²) in [6, 6.07) is 12.3. The molecular formula is C23H20Cl4N2O3. The molecule has 0 fully saturated rings. The van der Waals surface area contributed by atoms with E-state index in [9.17, 15) is 4.79 Å². The topological polar surface area (TPSA) is 59.9 Å². The number of aliphatic imine (C=N–C) groups is 1. The second kappa shape index (κ2) is 11.2. The number of allylic oxidation sites excluding steroid dienone is 2. The Labute approximate surface area is 206 Å². The Bertz CT molecular complexity index is 1090. The van der Waals surface area contributed by atoms with E-state index in [4.69, 9.17) is 56.0 Å². The van der Waals surface area contributed by atoms with Gasteiger partial charge in [-0.2, -0.15) is 0 Å². The fourth-order valence-electron chi connectivity index (χ4n) is 3.24. The number of halogens is 4. The van der Waals surface area contributed by atoms with E-state index in [0.29, 0.717) is 31.9 Å². The summed E-state index contributed by atoms with van der Waals surface area (Å²) in [5.41, 5.74) is 5.76. The molecule has 0 saturated carbocycles. The number of rotatable bonds is 7. The number of ether oxygens (including phenoxy) is 1. The highest BCUT2D eigenvalue weighted by Crippen LogP contribution is 2.40. The number of hydroxylamine groups is 1. The van der Waals surface area contributed by atoms with Crippen LogP contribution in [0.2, 0.25) is 15.1 Å². The molecule has 0 radical (unpaired) electrons. The molecule has 1 aliphatic rings. The first kappa shape index (κ1) is 24.6. The van der Waals surface area contributed by atoms with Gasteiger partial charge in [0.15, 0.2) is 0 Å². The van der Waals surface area contributed by atoms with Crippen molar-refractivity contribution in [1.29, 1.82) is 0 Å². The van der Waals surface area contributed by atoms with Gasteiger partial charge in [0, 0.05) is 32.8 Å². The van der Waals surface area contributed by atoms with Crippen LogP contribution in [0, 0.1) is 0 Å². The number of nitrogens with zero attached hydrogens (tertiary/aromatic N) is 1. The number of hydrogen-bond donors (Lipinski definition) is 1. The Hall–Kier alpha value is -2.02. The van der Waals surface area contributed by atoms with Gasteiger partial charge in [-0.1, -0.05) is 64.6 Å². The molecule has 0 aliphatic carbocycles. The highest BCUT2D eigenvalue weighted by molar-refractivity contribution is 6.70. The first-order valence-corrected chi connectivity index (χ1v) is 11.2. The summed E-state index contributed by atoms with van der Waals surface area (Å²) in [5, 5.41) is 1.84. The normalized spacial score (nSPS) is 17.4. The van der Waals surface area contributed by atoms with Gasteiger partial charge < -0.3 is 4.74 Å². The van der Waals surface area contributed by atoms with E-state index in [-0.39, 0.29) is 18.4 Å². The maximum absolute atomic E-state index is 12.8. The molecule has 168 valence electrons. The SMILES string of the molecule is CCOC(=O)C1=C(C)N=C(Cl)C(=CNOCc2ccc(Cl)cc2Cl)[C@H]1c1ccc(Cl)cc1. The number of nitrogens with one attached hydrogen (secondary N) is 1. The Morgan fingerprint density at radius 2 is 1.78 bits per heavy atom. The van der Waals surface area contributed by atoms with Crippen molar-refractivity contribution in [3.63, 3.8) is 0 Å². The summed E-state index contributed by atoms with van der Waals surface area (Å²) < 4.78 is 5.28. The highest BCUT2D eigenvalue weighted by Gasteiger charge is 2.34. The molecule has 1 N–H and O–H groups in total. The van der Waals surface area contributed by atoms with Crippen LogP contribution in [-0.2, 0) is 21.0 Å².